The molecule has 1 aliphatic heterocycles. The topological polar surface area (TPSA) is 38.9 Å². The van der Waals surface area contributed by atoms with E-state index in [4.69, 9.17) is 5.73 Å². The van der Waals surface area contributed by atoms with E-state index in [0.29, 0.717) is 0 Å². The molecule has 2 unspecified atom stereocenters. The molecule has 0 bridgehead atoms. The highest BCUT2D eigenvalue weighted by molar-refractivity contribution is 8.00. The van der Waals surface area contributed by atoms with E-state index in [1.54, 1.807) is 11.3 Å². The van der Waals surface area contributed by atoms with Gasteiger partial charge >= 0.3 is 0 Å². The zero-order valence-electron chi connectivity index (χ0n) is 8.40. The van der Waals surface area contributed by atoms with Gasteiger partial charge in [-0.2, -0.15) is 11.8 Å². The van der Waals surface area contributed by atoms with Crippen molar-refractivity contribution in [1.82, 2.24) is 4.98 Å². The molecule has 0 spiro atoms. The lowest BCUT2D eigenvalue weighted by molar-refractivity contribution is 0.482. The van der Waals surface area contributed by atoms with Crippen molar-refractivity contribution in [1.29, 1.82) is 0 Å². The average Bonchev–Trinajstić information content (AvgIpc) is 2.76. The zero-order valence-corrected chi connectivity index (χ0v) is 10.0. The van der Waals surface area contributed by atoms with Crippen LogP contribution in [0.15, 0.2) is 11.6 Å². The van der Waals surface area contributed by atoms with Gasteiger partial charge in [-0.3, -0.25) is 0 Å². The van der Waals surface area contributed by atoms with Crippen LogP contribution < -0.4 is 5.73 Å². The van der Waals surface area contributed by atoms with E-state index >= 15 is 0 Å². The summed E-state index contributed by atoms with van der Waals surface area (Å²) in [4.78, 5) is 4.29. The number of thioether (sulfide) groups is 1. The van der Waals surface area contributed by atoms with E-state index in [2.05, 4.69) is 11.9 Å². The lowest BCUT2D eigenvalue weighted by Gasteiger charge is -2.29. The first-order valence-electron chi connectivity index (χ1n) is 4.99. The molecule has 4 heteroatoms. The predicted octanol–water partition coefficient (Wildman–Crippen LogP) is 2.30. The van der Waals surface area contributed by atoms with Gasteiger partial charge in [-0.1, -0.05) is 0 Å². The van der Waals surface area contributed by atoms with Crippen molar-refractivity contribution in [3.8, 4) is 0 Å². The van der Waals surface area contributed by atoms with Crippen LogP contribution >= 0.6 is 23.1 Å². The summed E-state index contributed by atoms with van der Waals surface area (Å²) in [6.45, 7) is 2.29. The standard InChI is InChI=1S/C10H16N2S2/c1-10(3-2-5-14-10)8(11)7-9-12-4-6-13-9/h4,6,8H,2-3,5,7,11H2,1H3. The summed E-state index contributed by atoms with van der Waals surface area (Å²) in [7, 11) is 0. The highest BCUT2D eigenvalue weighted by atomic mass is 32.2. The average molecular weight is 228 g/mol. The molecule has 78 valence electrons. The van der Waals surface area contributed by atoms with E-state index < -0.39 is 0 Å². The van der Waals surface area contributed by atoms with Crippen LogP contribution in [0.1, 0.15) is 24.8 Å². The SMILES string of the molecule is CC1(C(N)Cc2nccs2)CCCS1. The second-order valence-electron chi connectivity index (χ2n) is 4.00. The third kappa shape index (κ3) is 2.12. The molecule has 2 nitrogen and oxygen atoms in total. The Morgan fingerprint density at radius 1 is 1.71 bits per heavy atom. The fourth-order valence-electron chi connectivity index (χ4n) is 1.85. The van der Waals surface area contributed by atoms with Crippen LogP contribution in [-0.4, -0.2) is 21.5 Å². The largest absolute Gasteiger partial charge is 0.326 e. The molecule has 0 amide bonds. The van der Waals surface area contributed by atoms with Gasteiger partial charge in [-0.25, -0.2) is 4.98 Å². The number of hydrogen-bond donors (Lipinski definition) is 1. The Morgan fingerprint density at radius 3 is 3.14 bits per heavy atom. The lowest BCUT2D eigenvalue weighted by atomic mass is 9.95. The summed E-state index contributed by atoms with van der Waals surface area (Å²) in [6.07, 6.45) is 5.36. The molecule has 1 aromatic rings. The van der Waals surface area contributed by atoms with Crippen LogP contribution in [0.3, 0.4) is 0 Å². The minimum atomic E-state index is 0.251. The number of nitrogens with two attached hydrogens (primary N) is 1. The number of rotatable bonds is 3. The first-order chi connectivity index (χ1) is 6.71. The smallest absolute Gasteiger partial charge is 0.0940 e. The van der Waals surface area contributed by atoms with Crippen molar-refractivity contribution in [2.24, 2.45) is 5.73 Å². The van der Waals surface area contributed by atoms with Crippen LogP contribution in [0, 0.1) is 0 Å². The van der Waals surface area contributed by atoms with Crippen molar-refractivity contribution in [3.05, 3.63) is 16.6 Å². The minimum absolute atomic E-state index is 0.251. The van der Waals surface area contributed by atoms with E-state index in [1.165, 1.54) is 23.6 Å². The lowest BCUT2D eigenvalue weighted by Crippen LogP contribution is -2.42. The van der Waals surface area contributed by atoms with Gasteiger partial charge in [0.15, 0.2) is 0 Å². The molecule has 1 aliphatic rings. The molecular weight excluding hydrogens is 212 g/mol. The monoisotopic (exact) mass is 228 g/mol. The molecule has 0 aromatic carbocycles. The molecule has 2 N–H and O–H groups in total. The summed E-state index contributed by atoms with van der Waals surface area (Å²) in [5.41, 5.74) is 6.25. The zero-order chi connectivity index (χ0) is 10.0. The quantitative estimate of drug-likeness (QED) is 0.863. The molecule has 0 saturated carbocycles. The third-order valence-corrected chi connectivity index (χ3v) is 5.37. The molecule has 2 rings (SSSR count). The summed E-state index contributed by atoms with van der Waals surface area (Å²) in [5, 5.41) is 3.19. The van der Waals surface area contributed by atoms with Gasteiger partial charge < -0.3 is 5.73 Å². The van der Waals surface area contributed by atoms with Crippen molar-refractivity contribution < 1.29 is 0 Å². The summed E-state index contributed by atoms with van der Waals surface area (Å²) < 4.78 is 0.283. The van der Waals surface area contributed by atoms with Crippen molar-refractivity contribution >= 4 is 23.1 Å². The molecule has 2 heterocycles. The van der Waals surface area contributed by atoms with Crippen molar-refractivity contribution in [2.75, 3.05) is 5.75 Å². The number of nitrogens with zero attached hydrogens (tertiary/aromatic N) is 1. The van der Waals surface area contributed by atoms with Crippen LogP contribution in [0.5, 0.6) is 0 Å². The fraction of sp³-hybridized carbons (Fsp3) is 0.700. The van der Waals surface area contributed by atoms with Gasteiger partial charge in [0.1, 0.15) is 0 Å². The Kier molecular flexibility index (Phi) is 3.14. The third-order valence-electron chi connectivity index (χ3n) is 2.91. The Bertz CT molecular complexity index is 278. The highest BCUT2D eigenvalue weighted by Crippen LogP contribution is 2.40. The number of thiazole rings is 1. The van der Waals surface area contributed by atoms with Crippen LogP contribution in [0.25, 0.3) is 0 Å². The maximum Gasteiger partial charge on any atom is 0.0940 e. The van der Waals surface area contributed by atoms with Crippen molar-refractivity contribution in [3.63, 3.8) is 0 Å². The maximum absolute atomic E-state index is 6.25. The van der Waals surface area contributed by atoms with Gasteiger partial charge in [-0.15, -0.1) is 11.3 Å². The van der Waals surface area contributed by atoms with Gasteiger partial charge in [-0.05, 0) is 25.5 Å². The molecule has 0 radical (unpaired) electrons. The van der Waals surface area contributed by atoms with Crippen LogP contribution in [-0.2, 0) is 6.42 Å². The molecule has 2 atom stereocenters. The highest BCUT2D eigenvalue weighted by Gasteiger charge is 2.35. The fourth-order valence-corrected chi connectivity index (χ4v) is 3.87. The predicted molar refractivity (Wildman–Crippen MR) is 63.9 cm³/mol. The summed E-state index contributed by atoms with van der Waals surface area (Å²) in [6, 6.07) is 0.251. The van der Waals surface area contributed by atoms with Crippen LogP contribution in [0.4, 0.5) is 0 Å². The Labute approximate surface area is 93.3 Å². The first kappa shape index (κ1) is 10.5. The Morgan fingerprint density at radius 2 is 2.57 bits per heavy atom. The first-order valence-corrected chi connectivity index (χ1v) is 6.85. The van der Waals surface area contributed by atoms with Gasteiger partial charge in [0.25, 0.3) is 0 Å². The maximum atomic E-state index is 6.25. The van der Waals surface area contributed by atoms with Crippen molar-refractivity contribution in [2.45, 2.75) is 37.0 Å². The Balaban J connectivity index is 1.98. The van der Waals surface area contributed by atoms with Gasteiger partial charge in [0, 0.05) is 28.8 Å². The molecule has 1 saturated heterocycles. The van der Waals surface area contributed by atoms with E-state index in [9.17, 15) is 0 Å². The molecule has 1 fully saturated rings. The van der Waals surface area contributed by atoms with Crippen LogP contribution in [0.2, 0.25) is 0 Å². The van der Waals surface area contributed by atoms with Gasteiger partial charge in [0.05, 0.1) is 5.01 Å². The molecular formula is C10H16N2S2. The van der Waals surface area contributed by atoms with E-state index in [0.717, 1.165) is 6.42 Å². The number of aromatic nitrogens is 1. The minimum Gasteiger partial charge on any atom is -0.326 e. The van der Waals surface area contributed by atoms with Gasteiger partial charge in [0.2, 0.25) is 0 Å². The summed E-state index contributed by atoms with van der Waals surface area (Å²) >= 11 is 3.73. The van der Waals surface area contributed by atoms with E-state index in [-0.39, 0.29) is 10.8 Å². The number of hydrogen-bond acceptors (Lipinski definition) is 4. The second-order valence-corrected chi connectivity index (χ2v) is 6.61. The molecule has 1 aromatic heterocycles. The molecule has 0 aliphatic carbocycles. The second kappa shape index (κ2) is 4.21. The Hall–Kier alpha value is -0.0600. The summed E-state index contributed by atoms with van der Waals surface area (Å²) in [5.74, 6) is 1.27. The van der Waals surface area contributed by atoms with E-state index in [1.807, 2.05) is 23.3 Å². The normalized spacial score (nSPS) is 29.3. The molecule has 14 heavy (non-hydrogen) atoms.